The van der Waals surface area contributed by atoms with E-state index < -0.39 is 0 Å². The molecule has 3 nitrogen and oxygen atoms in total. The first-order valence-corrected chi connectivity index (χ1v) is 6.35. The van der Waals surface area contributed by atoms with E-state index in [9.17, 15) is 4.79 Å². The molecule has 2 rings (SSSR count). The highest BCUT2D eigenvalue weighted by Crippen LogP contribution is 2.18. The Labute approximate surface area is 103 Å². The van der Waals surface area contributed by atoms with E-state index in [1.54, 1.807) is 0 Å². The smallest absolute Gasteiger partial charge is 0.254 e. The van der Waals surface area contributed by atoms with E-state index in [1.165, 1.54) is 5.56 Å². The number of carbonyl (C=O) groups excluding carboxylic acids is 1. The van der Waals surface area contributed by atoms with Crippen LogP contribution in [0.25, 0.3) is 0 Å². The third-order valence-electron chi connectivity index (χ3n) is 3.39. The molecule has 1 aliphatic heterocycles. The monoisotopic (exact) mass is 232 g/mol. The Balaban J connectivity index is 2.20. The number of nitrogens with two attached hydrogens (primary N) is 1. The topological polar surface area (TPSA) is 46.3 Å². The fourth-order valence-electron chi connectivity index (χ4n) is 2.27. The van der Waals surface area contributed by atoms with E-state index in [0.717, 1.165) is 31.4 Å². The summed E-state index contributed by atoms with van der Waals surface area (Å²) < 4.78 is 0. The molecule has 1 unspecified atom stereocenters. The second kappa shape index (κ2) is 5.32. The Hall–Kier alpha value is -1.35. The minimum atomic E-state index is 0.0872. The van der Waals surface area contributed by atoms with Crippen molar-refractivity contribution >= 4 is 5.91 Å². The molecule has 1 amide bonds. The average Bonchev–Trinajstić information content (AvgIpc) is 2.51. The summed E-state index contributed by atoms with van der Waals surface area (Å²) in [7, 11) is 0. The van der Waals surface area contributed by atoms with Crippen molar-refractivity contribution in [3.63, 3.8) is 0 Å². The van der Waals surface area contributed by atoms with Gasteiger partial charge in [-0.05, 0) is 30.9 Å². The molecule has 1 aromatic carbocycles. The lowest BCUT2D eigenvalue weighted by atomic mass is 10.0. The number of hydrogen-bond donors (Lipinski definition) is 1. The molecule has 2 N–H and O–H groups in total. The lowest BCUT2D eigenvalue weighted by Crippen LogP contribution is -2.40. The second-order valence-electron chi connectivity index (χ2n) is 4.68. The number of hydrogen-bond acceptors (Lipinski definition) is 2. The van der Waals surface area contributed by atoms with Crippen LogP contribution < -0.4 is 5.73 Å². The molecule has 0 saturated carbocycles. The molecule has 0 aromatic heterocycles. The van der Waals surface area contributed by atoms with Crippen molar-refractivity contribution in [1.82, 2.24) is 4.90 Å². The first-order chi connectivity index (χ1) is 8.22. The second-order valence-corrected chi connectivity index (χ2v) is 4.68. The van der Waals surface area contributed by atoms with Crippen molar-refractivity contribution in [2.24, 2.45) is 5.73 Å². The van der Waals surface area contributed by atoms with Gasteiger partial charge in [0.1, 0.15) is 0 Å². The molecule has 1 heterocycles. The summed E-state index contributed by atoms with van der Waals surface area (Å²) in [6, 6.07) is 7.99. The van der Waals surface area contributed by atoms with Crippen molar-refractivity contribution in [3.8, 4) is 0 Å². The van der Waals surface area contributed by atoms with Gasteiger partial charge in [0.25, 0.3) is 5.91 Å². The molecule has 0 spiro atoms. The molecule has 0 bridgehead atoms. The van der Waals surface area contributed by atoms with Gasteiger partial charge >= 0.3 is 0 Å². The van der Waals surface area contributed by atoms with Gasteiger partial charge in [-0.1, -0.05) is 25.1 Å². The van der Waals surface area contributed by atoms with Gasteiger partial charge in [-0.15, -0.1) is 0 Å². The zero-order valence-electron chi connectivity index (χ0n) is 10.4. The molecule has 0 saturated heterocycles. The van der Waals surface area contributed by atoms with Crippen LogP contribution in [-0.4, -0.2) is 29.9 Å². The molecular formula is C14H20N2O. The molecule has 17 heavy (non-hydrogen) atoms. The van der Waals surface area contributed by atoms with Crippen molar-refractivity contribution < 1.29 is 4.79 Å². The van der Waals surface area contributed by atoms with E-state index in [-0.39, 0.29) is 11.9 Å². The quantitative estimate of drug-likeness (QED) is 0.864. The van der Waals surface area contributed by atoms with E-state index in [2.05, 4.69) is 13.0 Å². The normalized spacial score (nSPS) is 17.5. The van der Waals surface area contributed by atoms with Gasteiger partial charge in [-0.2, -0.15) is 0 Å². The highest BCUT2D eigenvalue weighted by atomic mass is 16.2. The summed E-state index contributed by atoms with van der Waals surface area (Å²) in [5, 5.41) is 0. The number of aryl methyl sites for hydroxylation is 1. The van der Waals surface area contributed by atoms with Gasteiger partial charge in [-0.25, -0.2) is 0 Å². The van der Waals surface area contributed by atoms with E-state index >= 15 is 0 Å². The predicted octanol–water partition coefficient (Wildman–Crippen LogP) is 1.81. The molecule has 1 aromatic rings. The molecule has 1 aliphatic rings. The summed E-state index contributed by atoms with van der Waals surface area (Å²) in [5.41, 5.74) is 7.97. The van der Waals surface area contributed by atoms with Crippen LogP contribution >= 0.6 is 0 Å². The summed E-state index contributed by atoms with van der Waals surface area (Å²) in [4.78, 5) is 14.3. The Morgan fingerprint density at radius 3 is 2.94 bits per heavy atom. The van der Waals surface area contributed by atoms with Crippen LogP contribution in [-0.2, 0) is 6.42 Å². The van der Waals surface area contributed by atoms with Crippen LogP contribution in [0.15, 0.2) is 24.3 Å². The molecule has 3 heteroatoms. The standard InChI is InChI=1S/C14H20N2O/c1-2-12(15)10-16-9-5-7-11-6-3-4-8-13(11)14(16)17/h3-4,6,8,12H,2,5,7,9-10,15H2,1H3. The molecule has 1 atom stereocenters. The van der Waals surface area contributed by atoms with Crippen LogP contribution in [0.2, 0.25) is 0 Å². The summed E-state index contributed by atoms with van der Waals surface area (Å²) in [5.74, 6) is 0.141. The zero-order valence-corrected chi connectivity index (χ0v) is 10.4. The van der Waals surface area contributed by atoms with Gasteiger partial charge < -0.3 is 10.6 Å². The lowest BCUT2D eigenvalue weighted by molar-refractivity contribution is 0.0750. The first-order valence-electron chi connectivity index (χ1n) is 6.35. The summed E-state index contributed by atoms with van der Waals surface area (Å²) in [6.45, 7) is 3.55. The number of amides is 1. The van der Waals surface area contributed by atoms with Crippen molar-refractivity contribution in [3.05, 3.63) is 35.4 Å². The van der Waals surface area contributed by atoms with Gasteiger partial charge in [0, 0.05) is 24.7 Å². The molecule has 0 radical (unpaired) electrons. The Kier molecular flexibility index (Phi) is 3.79. The highest BCUT2D eigenvalue weighted by molar-refractivity contribution is 5.96. The number of fused-ring (bicyclic) bond motifs is 1. The van der Waals surface area contributed by atoms with Gasteiger partial charge in [-0.3, -0.25) is 4.79 Å². The minimum Gasteiger partial charge on any atom is -0.337 e. The highest BCUT2D eigenvalue weighted by Gasteiger charge is 2.22. The van der Waals surface area contributed by atoms with Gasteiger partial charge in [0.15, 0.2) is 0 Å². The predicted molar refractivity (Wildman–Crippen MR) is 68.9 cm³/mol. The Morgan fingerprint density at radius 1 is 1.41 bits per heavy atom. The van der Waals surface area contributed by atoms with Crippen LogP contribution in [0.4, 0.5) is 0 Å². The molecule has 0 fully saturated rings. The van der Waals surface area contributed by atoms with Gasteiger partial charge in [0.2, 0.25) is 0 Å². The lowest BCUT2D eigenvalue weighted by Gasteiger charge is -2.24. The number of carbonyl (C=O) groups is 1. The van der Waals surface area contributed by atoms with Crippen LogP contribution in [0, 0.1) is 0 Å². The summed E-state index contributed by atoms with van der Waals surface area (Å²) in [6.07, 6.45) is 2.92. The Morgan fingerprint density at radius 2 is 2.18 bits per heavy atom. The molecular weight excluding hydrogens is 212 g/mol. The van der Waals surface area contributed by atoms with E-state index in [4.69, 9.17) is 5.73 Å². The first kappa shape index (κ1) is 12.1. The maximum absolute atomic E-state index is 12.4. The maximum atomic E-state index is 12.4. The van der Waals surface area contributed by atoms with E-state index in [1.807, 2.05) is 23.1 Å². The molecule has 92 valence electrons. The fraction of sp³-hybridized carbons (Fsp3) is 0.500. The number of rotatable bonds is 3. The fourth-order valence-corrected chi connectivity index (χ4v) is 2.27. The summed E-state index contributed by atoms with van der Waals surface area (Å²) >= 11 is 0. The van der Waals surface area contributed by atoms with Crippen LogP contribution in [0.5, 0.6) is 0 Å². The average molecular weight is 232 g/mol. The van der Waals surface area contributed by atoms with Crippen molar-refractivity contribution in [2.75, 3.05) is 13.1 Å². The largest absolute Gasteiger partial charge is 0.337 e. The third kappa shape index (κ3) is 2.67. The Bertz CT molecular complexity index is 403. The van der Waals surface area contributed by atoms with Crippen molar-refractivity contribution in [2.45, 2.75) is 32.2 Å². The van der Waals surface area contributed by atoms with Crippen LogP contribution in [0.1, 0.15) is 35.7 Å². The SMILES string of the molecule is CCC(N)CN1CCCc2ccccc2C1=O. The maximum Gasteiger partial charge on any atom is 0.254 e. The number of benzene rings is 1. The number of nitrogens with zero attached hydrogens (tertiary/aromatic N) is 1. The zero-order chi connectivity index (χ0) is 12.3. The molecule has 0 aliphatic carbocycles. The van der Waals surface area contributed by atoms with Crippen LogP contribution in [0.3, 0.4) is 0 Å². The third-order valence-corrected chi connectivity index (χ3v) is 3.39. The van der Waals surface area contributed by atoms with E-state index in [0.29, 0.717) is 6.54 Å². The van der Waals surface area contributed by atoms with Crippen molar-refractivity contribution in [1.29, 1.82) is 0 Å². The minimum absolute atomic E-state index is 0.0872. The van der Waals surface area contributed by atoms with Gasteiger partial charge in [0.05, 0.1) is 0 Å².